The van der Waals surface area contributed by atoms with Crippen LogP contribution in [0.3, 0.4) is 0 Å². The third-order valence-electron chi connectivity index (χ3n) is 2.35. The summed E-state index contributed by atoms with van der Waals surface area (Å²) >= 11 is 3.38. The molecule has 2 heterocycles. The minimum absolute atomic E-state index is 0.0113. The number of rotatable bonds is 2. The fraction of sp³-hybridized carbons (Fsp3) is 0.250. The molecular formula is C12H12BrNO2. The molecule has 0 aliphatic rings. The maximum Gasteiger partial charge on any atom is 0.253 e. The molecule has 16 heavy (non-hydrogen) atoms. The van der Waals surface area contributed by atoms with Gasteiger partial charge in [0.1, 0.15) is 11.5 Å². The Morgan fingerprint density at radius 2 is 2.12 bits per heavy atom. The van der Waals surface area contributed by atoms with E-state index in [1.807, 2.05) is 25.1 Å². The van der Waals surface area contributed by atoms with E-state index in [1.54, 1.807) is 17.7 Å². The van der Waals surface area contributed by atoms with Crippen LogP contribution in [0.15, 0.2) is 38.1 Å². The number of hydrogen-bond donors (Lipinski definition) is 0. The Morgan fingerprint density at radius 1 is 1.38 bits per heavy atom. The summed E-state index contributed by atoms with van der Waals surface area (Å²) in [5.41, 5.74) is 0.731. The Hall–Kier alpha value is -1.29. The summed E-state index contributed by atoms with van der Waals surface area (Å²) in [6, 6.07) is 5.59. The Labute approximate surface area is 102 Å². The van der Waals surface area contributed by atoms with Crippen LogP contribution in [0.25, 0.3) is 0 Å². The van der Waals surface area contributed by atoms with E-state index in [4.69, 9.17) is 4.42 Å². The summed E-state index contributed by atoms with van der Waals surface area (Å²) in [6.07, 6.45) is 1.77. The third kappa shape index (κ3) is 2.27. The maximum absolute atomic E-state index is 11.8. The average Bonchev–Trinajstić information content (AvgIpc) is 2.60. The minimum Gasteiger partial charge on any atom is -0.464 e. The second kappa shape index (κ2) is 4.29. The van der Waals surface area contributed by atoms with Gasteiger partial charge in [-0.2, -0.15) is 0 Å². The molecular weight excluding hydrogens is 270 g/mol. The van der Waals surface area contributed by atoms with Crippen LogP contribution < -0.4 is 5.56 Å². The lowest BCUT2D eigenvalue weighted by atomic mass is 10.3. The van der Waals surface area contributed by atoms with E-state index in [0.29, 0.717) is 6.54 Å². The van der Waals surface area contributed by atoms with Crippen LogP contribution in [-0.2, 0) is 6.54 Å². The van der Waals surface area contributed by atoms with Gasteiger partial charge in [-0.05, 0) is 48.0 Å². The molecule has 84 valence electrons. The van der Waals surface area contributed by atoms with Crippen molar-refractivity contribution in [3.63, 3.8) is 0 Å². The molecule has 0 saturated carbocycles. The summed E-state index contributed by atoms with van der Waals surface area (Å²) in [5, 5.41) is 0. The highest BCUT2D eigenvalue weighted by atomic mass is 79.9. The number of pyridine rings is 1. The van der Waals surface area contributed by atoms with Gasteiger partial charge in [0.05, 0.1) is 6.54 Å². The SMILES string of the molecule is Cc1ccc(Cn2cc(Br)cc(C)c2=O)o1. The monoisotopic (exact) mass is 281 g/mol. The summed E-state index contributed by atoms with van der Waals surface area (Å²) in [5.74, 6) is 1.65. The van der Waals surface area contributed by atoms with Gasteiger partial charge in [-0.3, -0.25) is 4.79 Å². The first kappa shape index (κ1) is 11.2. The molecule has 0 radical (unpaired) electrons. The summed E-state index contributed by atoms with van der Waals surface area (Å²) in [4.78, 5) is 11.8. The predicted molar refractivity (Wildman–Crippen MR) is 65.7 cm³/mol. The molecule has 0 N–H and O–H groups in total. The Bertz CT molecular complexity index is 569. The minimum atomic E-state index is 0.0113. The second-order valence-electron chi connectivity index (χ2n) is 3.79. The van der Waals surface area contributed by atoms with Gasteiger partial charge in [0.2, 0.25) is 0 Å². The summed E-state index contributed by atoms with van der Waals surface area (Å²) < 4.78 is 7.98. The lowest BCUT2D eigenvalue weighted by molar-refractivity contribution is 0.466. The van der Waals surface area contributed by atoms with E-state index < -0.39 is 0 Å². The average molecular weight is 282 g/mol. The zero-order valence-electron chi connectivity index (χ0n) is 9.16. The molecule has 2 rings (SSSR count). The number of aryl methyl sites for hydroxylation is 2. The van der Waals surface area contributed by atoms with Gasteiger partial charge in [0.15, 0.2) is 0 Å². The number of aromatic nitrogens is 1. The van der Waals surface area contributed by atoms with Crippen molar-refractivity contribution >= 4 is 15.9 Å². The van der Waals surface area contributed by atoms with E-state index in [-0.39, 0.29) is 5.56 Å². The standard InChI is InChI=1S/C12H12BrNO2/c1-8-5-10(13)6-14(12(8)15)7-11-4-3-9(2)16-11/h3-6H,7H2,1-2H3. The van der Waals surface area contributed by atoms with Gasteiger partial charge in [0.25, 0.3) is 5.56 Å². The largest absolute Gasteiger partial charge is 0.464 e. The van der Waals surface area contributed by atoms with E-state index >= 15 is 0 Å². The molecule has 0 aromatic carbocycles. The van der Waals surface area contributed by atoms with Crippen molar-refractivity contribution in [1.82, 2.24) is 4.57 Å². The summed E-state index contributed by atoms with van der Waals surface area (Å²) in [6.45, 7) is 4.16. The van der Waals surface area contributed by atoms with E-state index in [9.17, 15) is 4.79 Å². The van der Waals surface area contributed by atoms with Gasteiger partial charge in [-0.25, -0.2) is 0 Å². The van der Waals surface area contributed by atoms with Crippen LogP contribution in [0.4, 0.5) is 0 Å². The van der Waals surface area contributed by atoms with Crippen LogP contribution in [-0.4, -0.2) is 4.57 Å². The zero-order chi connectivity index (χ0) is 11.7. The fourth-order valence-electron chi connectivity index (χ4n) is 1.60. The highest BCUT2D eigenvalue weighted by Gasteiger charge is 2.05. The van der Waals surface area contributed by atoms with Crippen molar-refractivity contribution in [3.8, 4) is 0 Å². The molecule has 4 heteroatoms. The molecule has 0 fully saturated rings. The van der Waals surface area contributed by atoms with Crippen molar-refractivity contribution in [1.29, 1.82) is 0 Å². The molecule has 0 amide bonds. The molecule has 0 unspecified atom stereocenters. The van der Waals surface area contributed by atoms with Crippen molar-refractivity contribution in [3.05, 3.63) is 56.3 Å². The van der Waals surface area contributed by atoms with Crippen molar-refractivity contribution in [2.75, 3.05) is 0 Å². The molecule has 0 aliphatic carbocycles. The fourth-order valence-corrected chi connectivity index (χ4v) is 2.19. The zero-order valence-corrected chi connectivity index (χ0v) is 10.7. The van der Waals surface area contributed by atoms with Crippen molar-refractivity contribution in [2.45, 2.75) is 20.4 Å². The topological polar surface area (TPSA) is 35.1 Å². The first-order chi connectivity index (χ1) is 7.56. The predicted octanol–water partition coefficient (Wildman–Crippen LogP) is 2.87. The molecule has 0 aliphatic heterocycles. The van der Waals surface area contributed by atoms with E-state index in [0.717, 1.165) is 21.6 Å². The van der Waals surface area contributed by atoms with Gasteiger partial charge < -0.3 is 8.98 Å². The van der Waals surface area contributed by atoms with Gasteiger partial charge in [-0.1, -0.05) is 0 Å². The first-order valence-corrected chi connectivity index (χ1v) is 5.77. The highest BCUT2D eigenvalue weighted by Crippen LogP contribution is 2.11. The van der Waals surface area contributed by atoms with E-state index in [2.05, 4.69) is 15.9 Å². The number of halogens is 1. The third-order valence-corrected chi connectivity index (χ3v) is 2.79. The van der Waals surface area contributed by atoms with Gasteiger partial charge in [-0.15, -0.1) is 0 Å². The smallest absolute Gasteiger partial charge is 0.253 e. The van der Waals surface area contributed by atoms with Crippen molar-refractivity contribution in [2.24, 2.45) is 0 Å². The molecule has 0 saturated heterocycles. The molecule has 0 bridgehead atoms. The van der Waals surface area contributed by atoms with Crippen LogP contribution in [0.1, 0.15) is 17.1 Å². The Balaban J connectivity index is 2.38. The molecule has 3 nitrogen and oxygen atoms in total. The van der Waals surface area contributed by atoms with Crippen molar-refractivity contribution < 1.29 is 4.42 Å². The summed E-state index contributed by atoms with van der Waals surface area (Å²) in [7, 11) is 0. The normalized spacial score (nSPS) is 10.7. The molecule has 0 atom stereocenters. The lowest BCUT2D eigenvalue weighted by Crippen LogP contribution is -2.21. The first-order valence-electron chi connectivity index (χ1n) is 4.98. The number of nitrogens with zero attached hydrogens (tertiary/aromatic N) is 1. The van der Waals surface area contributed by atoms with Crippen LogP contribution in [0.5, 0.6) is 0 Å². The highest BCUT2D eigenvalue weighted by molar-refractivity contribution is 9.10. The number of hydrogen-bond acceptors (Lipinski definition) is 2. The van der Waals surface area contributed by atoms with Crippen LogP contribution >= 0.6 is 15.9 Å². The second-order valence-corrected chi connectivity index (χ2v) is 4.70. The van der Waals surface area contributed by atoms with Crippen LogP contribution in [0.2, 0.25) is 0 Å². The maximum atomic E-state index is 11.8. The Kier molecular flexibility index (Phi) is 3.01. The lowest BCUT2D eigenvalue weighted by Gasteiger charge is -2.05. The Morgan fingerprint density at radius 3 is 2.75 bits per heavy atom. The number of furan rings is 1. The van der Waals surface area contributed by atoms with E-state index in [1.165, 1.54) is 0 Å². The molecule has 0 spiro atoms. The quantitative estimate of drug-likeness (QED) is 0.849. The van der Waals surface area contributed by atoms with Gasteiger partial charge >= 0.3 is 0 Å². The van der Waals surface area contributed by atoms with Gasteiger partial charge in [0, 0.05) is 16.2 Å². The molecule has 2 aromatic rings. The van der Waals surface area contributed by atoms with Crippen LogP contribution in [0, 0.1) is 13.8 Å². The molecule has 2 aromatic heterocycles.